The molecule has 0 unspecified atom stereocenters. The third-order valence-corrected chi connectivity index (χ3v) is 8.02. The Morgan fingerprint density at radius 2 is 1.79 bits per heavy atom. The Hall–Kier alpha value is -0.660. The number of carbonyl (C=O) groups excluding carboxylic acids is 1. The second kappa shape index (κ2) is 6.92. The number of hydrogen-bond donors (Lipinski definition) is 0. The SMILES string of the molecule is CN(C)S(=O)(=O)N1CC[C@]2(CCCN(CC3CCCCC3)C2=O)C1. The van der Waals surface area contributed by atoms with E-state index >= 15 is 0 Å². The highest BCUT2D eigenvalue weighted by molar-refractivity contribution is 7.86. The predicted molar refractivity (Wildman–Crippen MR) is 93.6 cm³/mol. The maximum atomic E-state index is 13.2. The molecular formula is C17H31N3O3S. The second-order valence-electron chi connectivity index (χ2n) is 8.01. The number of carbonyl (C=O) groups is 1. The minimum Gasteiger partial charge on any atom is -0.342 e. The Morgan fingerprint density at radius 1 is 1.08 bits per heavy atom. The highest BCUT2D eigenvalue weighted by Gasteiger charge is 2.51. The van der Waals surface area contributed by atoms with Crippen LogP contribution in [0.5, 0.6) is 0 Å². The summed E-state index contributed by atoms with van der Waals surface area (Å²) in [6.07, 6.45) is 8.85. The van der Waals surface area contributed by atoms with Crippen LogP contribution in [0.15, 0.2) is 0 Å². The molecule has 1 aliphatic carbocycles. The third-order valence-electron chi connectivity index (χ3n) is 6.13. The molecule has 1 spiro atoms. The largest absolute Gasteiger partial charge is 0.342 e. The van der Waals surface area contributed by atoms with Crippen molar-refractivity contribution in [3.63, 3.8) is 0 Å². The second-order valence-corrected chi connectivity index (χ2v) is 10.2. The van der Waals surface area contributed by atoms with Crippen molar-refractivity contribution < 1.29 is 13.2 Å². The molecule has 3 fully saturated rings. The molecule has 0 aromatic carbocycles. The van der Waals surface area contributed by atoms with Crippen LogP contribution >= 0.6 is 0 Å². The summed E-state index contributed by atoms with van der Waals surface area (Å²) in [5, 5.41) is 0. The molecule has 0 aromatic rings. The van der Waals surface area contributed by atoms with Crippen molar-refractivity contribution in [1.82, 2.24) is 13.5 Å². The summed E-state index contributed by atoms with van der Waals surface area (Å²) < 4.78 is 27.5. The van der Waals surface area contributed by atoms with Crippen molar-refractivity contribution in [2.45, 2.75) is 51.4 Å². The summed E-state index contributed by atoms with van der Waals surface area (Å²) in [6, 6.07) is 0. The lowest BCUT2D eigenvalue weighted by molar-refractivity contribution is -0.146. The molecule has 138 valence electrons. The van der Waals surface area contributed by atoms with Gasteiger partial charge in [0, 0.05) is 40.3 Å². The highest BCUT2D eigenvalue weighted by atomic mass is 32.2. The molecule has 0 radical (unpaired) electrons. The van der Waals surface area contributed by atoms with Crippen LogP contribution in [0.2, 0.25) is 0 Å². The quantitative estimate of drug-likeness (QED) is 0.769. The van der Waals surface area contributed by atoms with E-state index in [-0.39, 0.29) is 5.91 Å². The number of likely N-dealkylation sites (tertiary alicyclic amines) is 1. The Bertz CT molecular complexity index is 572. The van der Waals surface area contributed by atoms with Crippen LogP contribution in [0.3, 0.4) is 0 Å². The first-order valence-electron chi connectivity index (χ1n) is 9.32. The van der Waals surface area contributed by atoms with Gasteiger partial charge in [0.2, 0.25) is 5.91 Å². The van der Waals surface area contributed by atoms with Gasteiger partial charge in [-0.25, -0.2) is 0 Å². The number of piperidine rings is 1. The summed E-state index contributed by atoms with van der Waals surface area (Å²) in [6.45, 7) is 2.54. The fourth-order valence-electron chi connectivity index (χ4n) is 4.65. The lowest BCUT2D eigenvalue weighted by Crippen LogP contribution is -2.52. The monoisotopic (exact) mass is 357 g/mol. The van der Waals surface area contributed by atoms with Gasteiger partial charge in [-0.1, -0.05) is 19.3 Å². The molecule has 1 atom stereocenters. The average Bonchev–Trinajstić information content (AvgIpc) is 2.99. The molecule has 1 amide bonds. The standard InChI is InChI=1S/C17H31N3O3S/c1-18(2)24(22,23)20-12-10-17(14-20)9-6-11-19(16(17)21)13-15-7-4-3-5-8-15/h15H,3-14H2,1-2H3/t17-/m1/s1. The summed E-state index contributed by atoms with van der Waals surface area (Å²) >= 11 is 0. The maximum absolute atomic E-state index is 13.2. The Kier molecular flexibility index (Phi) is 5.23. The van der Waals surface area contributed by atoms with Gasteiger partial charge in [-0.2, -0.15) is 17.0 Å². The molecule has 1 saturated carbocycles. The summed E-state index contributed by atoms with van der Waals surface area (Å²) in [5.74, 6) is 0.844. The Morgan fingerprint density at radius 3 is 2.46 bits per heavy atom. The molecule has 2 saturated heterocycles. The van der Waals surface area contributed by atoms with Crippen molar-refractivity contribution in [3.05, 3.63) is 0 Å². The van der Waals surface area contributed by atoms with Gasteiger partial charge in [0.15, 0.2) is 0 Å². The smallest absolute Gasteiger partial charge is 0.281 e. The molecule has 0 bridgehead atoms. The summed E-state index contributed by atoms with van der Waals surface area (Å²) in [7, 11) is -0.316. The molecule has 3 aliphatic rings. The van der Waals surface area contributed by atoms with E-state index in [2.05, 4.69) is 0 Å². The van der Waals surface area contributed by atoms with Crippen molar-refractivity contribution in [1.29, 1.82) is 0 Å². The molecule has 7 heteroatoms. The van der Waals surface area contributed by atoms with Crippen molar-refractivity contribution in [3.8, 4) is 0 Å². The zero-order valence-electron chi connectivity index (χ0n) is 15.0. The normalized spacial score (nSPS) is 30.6. The molecule has 24 heavy (non-hydrogen) atoms. The minimum atomic E-state index is -3.42. The fourth-order valence-corrected chi connectivity index (χ4v) is 5.84. The van der Waals surface area contributed by atoms with E-state index in [4.69, 9.17) is 0 Å². The molecule has 2 aliphatic heterocycles. The van der Waals surface area contributed by atoms with Crippen LogP contribution in [0, 0.1) is 11.3 Å². The van der Waals surface area contributed by atoms with E-state index in [9.17, 15) is 13.2 Å². The van der Waals surface area contributed by atoms with Crippen LogP contribution in [-0.4, -0.2) is 68.1 Å². The lowest BCUT2D eigenvalue weighted by Gasteiger charge is -2.41. The van der Waals surface area contributed by atoms with E-state index in [0.29, 0.717) is 25.4 Å². The van der Waals surface area contributed by atoms with Crippen molar-refractivity contribution in [2.24, 2.45) is 11.3 Å². The third kappa shape index (κ3) is 3.35. The van der Waals surface area contributed by atoms with Crippen molar-refractivity contribution in [2.75, 3.05) is 40.3 Å². The number of nitrogens with zero attached hydrogens (tertiary/aromatic N) is 3. The van der Waals surface area contributed by atoms with E-state index in [1.165, 1.54) is 40.7 Å². The molecular weight excluding hydrogens is 326 g/mol. The fraction of sp³-hybridized carbons (Fsp3) is 0.941. The van der Waals surface area contributed by atoms with E-state index in [1.54, 1.807) is 14.1 Å². The first-order valence-corrected chi connectivity index (χ1v) is 10.7. The Labute approximate surface area is 146 Å². The molecule has 0 aromatic heterocycles. The van der Waals surface area contributed by atoms with Gasteiger partial charge in [-0.15, -0.1) is 0 Å². The summed E-state index contributed by atoms with van der Waals surface area (Å²) in [5.41, 5.74) is -0.476. The predicted octanol–water partition coefficient (Wildman–Crippen LogP) is 1.69. The van der Waals surface area contributed by atoms with E-state index < -0.39 is 15.6 Å². The van der Waals surface area contributed by atoms with Gasteiger partial charge in [0.1, 0.15) is 0 Å². The van der Waals surface area contributed by atoms with Crippen LogP contribution in [0.25, 0.3) is 0 Å². The van der Waals surface area contributed by atoms with Crippen LogP contribution < -0.4 is 0 Å². The Balaban J connectivity index is 1.68. The molecule has 6 nitrogen and oxygen atoms in total. The zero-order valence-corrected chi connectivity index (χ0v) is 15.9. The van der Waals surface area contributed by atoms with Crippen molar-refractivity contribution >= 4 is 16.1 Å². The van der Waals surface area contributed by atoms with E-state index in [0.717, 1.165) is 25.9 Å². The minimum absolute atomic E-state index is 0.204. The van der Waals surface area contributed by atoms with Gasteiger partial charge in [-0.05, 0) is 38.0 Å². The average molecular weight is 358 g/mol. The highest BCUT2D eigenvalue weighted by Crippen LogP contribution is 2.41. The first kappa shape index (κ1) is 18.1. The first-order chi connectivity index (χ1) is 11.3. The lowest BCUT2D eigenvalue weighted by atomic mass is 9.77. The van der Waals surface area contributed by atoms with Crippen LogP contribution in [0.4, 0.5) is 0 Å². The zero-order chi connectivity index (χ0) is 17.4. The summed E-state index contributed by atoms with van der Waals surface area (Å²) in [4.78, 5) is 15.2. The van der Waals surface area contributed by atoms with Crippen LogP contribution in [0.1, 0.15) is 51.4 Å². The van der Waals surface area contributed by atoms with E-state index in [1.807, 2.05) is 4.90 Å². The van der Waals surface area contributed by atoms with Gasteiger partial charge in [-0.3, -0.25) is 4.79 Å². The molecule has 2 heterocycles. The van der Waals surface area contributed by atoms with Gasteiger partial charge in [0.25, 0.3) is 10.2 Å². The maximum Gasteiger partial charge on any atom is 0.281 e. The number of hydrogen-bond acceptors (Lipinski definition) is 3. The topological polar surface area (TPSA) is 60.9 Å². The van der Waals surface area contributed by atoms with Gasteiger partial charge >= 0.3 is 0 Å². The van der Waals surface area contributed by atoms with Gasteiger partial charge in [0.05, 0.1) is 5.41 Å². The molecule has 3 rings (SSSR count). The number of amides is 1. The van der Waals surface area contributed by atoms with Crippen LogP contribution in [-0.2, 0) is 15.0 Å². The number of rotatable bonds is 4. The molecule has 0 N–H and O–H groups in total. The van der Waals surface area contributed by atoms with Gasteiger partial charge < -0.3 is 4.90 Å².